The molecule has 0 N–H and O–H groups in total. The Hall–Kier alpha value is -1.36. The van der Waals surface area contributed by atoms with Crippen molar-refractivity contribution in [2.45, 2.75) is 13.8 Å². The molecule has 0 unspecified atom stereocenters. The number of halogens is 1. The standard InChI is InChI=1S/C11H11BrN2O2/c1-3-16-11(15)10-7(2)13-14-5-4-8(12)6-9(10)14/h4-6H,3H2,1-2H3. The van der Waals surface area contributed by atoms with Gasteiger partial charge >= 0.3 is 5.97 Å². The molecule has 5 heteroatoms. The first-order chi connectivity index (χ1) is 7.63. The third-order valence-electron chi connectivity index (χ3n) is 2.25. The van der Waals surface area contributed by atoms with Crippen LogP contribution in [0.5, 0.6) is 0 Å². The summed E-state index contributed by atoms with van der Waals surface area (Å²) in [5.74, 6) is -0.326. The van der Waals surface area contributed by atoms with Crippen molar-refractivity contribution in [2.24, 2.45) is 0 Å². The maximum absolute atomic E-state index is 11.8. The highest BCUT2D eigenvalue weighted by Crippen LogP contribution is 2.20. The summed E-state index contributed by atoms with van der Waals surface area (Å²) < 4.78 is 7.59. The van der Waals surface area contributed by atoms with Crippen LogP contribution in [0.15, 0.2) is 22.8 Å². The largest absolute Gasteiger partial charge is 0.462 e. The van der Waals surface area contributed by atoms with Crippen LogP contribution < -0.4 is 0 Å². The van der Waals surface area contributed by atoms with E-state index < -0.39 is 0 Å². The van der Waals surface area contributed by atoms with Gasteiger partial charge in [0, 0.05) is 10.7 Å². The van der Waals surface area contributed by atoms with Gasteiger partial charge in [0.25, 0.3) is 0 Å². The predicted molar refractivity (Wildman–Crippen MR) is 63.6 cm³/mol. The fourth-order valence-corrected chi connectivity index (χ4v) is 1.93. The third-order valence-corrected chi connectivity index (χ3v) is 2.74. The lowest BCUT2D eigenvalue weighted by molar-refractivity contribution is 0.0528. The molecule has 84 valence electrons. The van der Waals surface area contributed by atoms with Gasteiger partial charge in [-0.1, -0.05) is 15.9 Å². The van der Waals surface area contributed by atoms with Crippen molar-refractivity contribution in [3.8, 4) is 0 Å². The predicted octanol–water partition coefficient (Wildman–Crippen LogP) is 2.58. The Morgan fingerprint density at radius 3 is 3.06 bits per heavy atom. The van der Waals surface area contributed by atoms with Crippen LogP contribution in [-0.2, 0) is 4.74 Å². The molecule has 0 saturated carbocycles. The molecule has 0 saturated heterocycles. The molecule has 0 aliphatic heterocycles. The van der Waals surface area contributed by atoms with Crippen LogP contribution in [0.1, 0.15) is 23.0 Å². The summed E-state index contributed by atoms with van der Waals surface area (Å²) in [4.78, 5) is 11.8. The SMILES string of the molecule is CCOC(=O)c1c(C)nn2ccc(Br)cc12. The second-order valence-electron chi connectivity index (χ2n) is 3.36. The summed E-state index contributed by atoms with van der Waals surface area (Å²) in [6.45, 7) is 3.95. The number of pyridine rings is 1. The van der Waals surface area contributed by atoms with E-state index in [4.69, 9.17) is 4.74 Å². The number of aryl methyl sites for hydroxylation is 1. The molecule has 16 heavy (non-hydrogen) atoms. The maximum Gasteiger partial charge on any atom is 0.342 e. The Morgan fingerprint density at radius 2 is 2.38 bits per heavy atom. The average molecular weight is 283 g/mol. The van der Waals surface area contributed by atoms with E-state index in [0.29, 0.717) is 17.9 Å². The lowest BCUT2D eigenvalue weighted by atomic mass is 10.2. The number of fused-ring (bicyclic) bond motifs is 1. The minimum atomic E-state index is -0.326. The minimum absolute atomic E-state index is 0.326. The van der Waals surface area contributed by atoms with Gasteiger partial charge in [-0.15, -0.1) is 0 Å². The smallest absolute Gasteiger partial charge is 0.342 e. The molecule has 2 aromatic rings. The van der Waals surface area contributed by atoms with E-state index in [1.807, 2.05) is 12.1 Å². The van der Waals surface area contributed by atoms with E-state index in [0.717, 1.165) is 9.99 Å². The molecule has 0 amide bonds. The van der Waals surface area contributed by atoms with E-state index in [1.54, 1.807) is 24.6 Å². The monoisotopic (exact) mass is 282 g/mol. The van der Waals surface area contributed by atoms with Gasteiger partial charge in [0.1, 0.15) is 5.56 Å². The van der Waals surface area contributed by atoms with Gasteiger partial charge in [-0.05, 0) is 26.0 Å². The summed E-state index contributed by atoms with van der Waals surface area (Å²) in [7, 11) is 0. The lowest BCUT2D eigenvalue weighted by Crippen LogP contribution is -2.05. The van der Waals surface area contributed by atoms with Gasteiger partial charge in [-0.2, -0.15) is 5.10 Å². The quantitative estimate of drug-likeness (QED) is 0.796. The van der Waals surface area contributed by atoms with Crippen LogP contribution in [0, 0.1) is 6.92 Å². The highest BCUT2D eigenvalue weighted by molar-refractivity contribution is 9.10. The second-order valence-corrected chi connectivity index (χ2v) is 4.27. The zero-order valence-electron chi connectivity index (χ0n) is 9.03. The summed E-state index contributed by atoms with van der Waals surface area (Å²) in [5.41, 5.74) is 1.96. The normalized spacial score (nSPS) is 10.7. The molecular formula is C11H11BrN2O2. The molecule has 2 aromatic heterocycles. The molecule has 0 aliphatic carbocycles. The molecule has 0 spiro atoms. The van der Waals surface area contributed by atoms with E-state index in [9.17, 15) is 4.79 Å². The first-order valence-corrected chi connectivity index (χ1v) is 5.74. The van der Waals surface area contributed by atoms with Crippen LogP contribution >= 0.6 is 15.9 Å². The van der Waals surface area contributed by atoms with Gasteiger partial charge in [0.2, 0.25) is 0 Å². The van der Waals surface area contributed by atoms with Crippen LogP contribution in [0.25, 0.3) is 5.52 Å². The fraction of sp³-hybridized carbons (Fsp3) is 0.273. The number of hydrogen-bond donors (Lipinski definition) is 0. The topological polar surface area (TPSA) is 43.6 Å². The van der Waals surface area contributed by atoms with E-state index >= 15 is 0 Å². The van der Waals surface area contributed by atoms with Gasteiger partial charge < -0.3 is 4.74 Å². The molecule has 0 bridgehead atoms. The summed E-state index contributed by atoms with van der Waals surface area (Å²) >= 11 is 3.37. The van der Waals surface area contributed by atoms with Gasteiger partial charge in [-0.3, -0.25) is 0 Å². The van der Waals surface area contributed by atoms with Crippen molar-refractivity contribution >= 4 is 27.4 Å². The highest BCUT2D eigenvalue weighted by Gasteiger charge is 2.17. The number of rotatable bonds is 2. The van der Waals surface area contributed by atoms with Crippen LogP contribution in [0.2, 0.25) is 0 Å². The number of nitrogens with zero attached hydrogens (tertiary/aromatic N) is 2. The van der Waals surface area contributed by atoms with Gasteiger partial charge in [-0.25, -0.2) is 9.31 Å². The van der Waals surface area contributed by atoms with Crippen molar-refractivity contribution < 1.29 is 9.53 Å². The Labute approximate surface area is 101 Å². The number of hydrogen-bond acceptors (Lipinski definition) is 3. The molecule has 0 aromatic carbocycles. The van der Waals surface area contributed by atoms with Crippen molar-refractivity contribution in [1.82, 2.24) is 9.61 Å². The number of ether oxygens (including phenoxy) is 1. The molecule has 0 atom stereocenters. The van der Waals surface area contributed by atoms with Crippen LogP contribution in [0.3, 0.4) is 0 Å². The Balaban J connectivity index is 2.62. The maximum atomic E-state index is 11.8. The molecule has 0 fully saturated rings. The molecule has 2 heterocycles. The molecule has 0 aliphatic rings. The minimum Gasteiger partial charge on any atom is -0.462 e. The van der Waals surface area contributed by atoms with Crippen molar-refractivity contribution in [3.63, 3.8) is 0 Å². The lowest BCUT2D eigenvalue weighted by Gasteiger charge is -2.00. The van der Waals surface area contributed by atoms with Gasteiger partial charge in [0.15, 0.2) is 0 Å². The first kappa shape index (κ1) is 11.1. The number of carbonyl (C=O) groups is 1. The second kappa shape index (κ2) is 4.25. The van der Waals surface area contributed by atoms with Crippen molar-refractivity contribution in [1.29, 1.82) is 0 Å². The van der Waals surface area contributed by atoms with Crippen LogP contribution in [0.4, 0.5) is 0 Å². The summed E-state index contributed by atoms with van der Waals surface area (Å²) in [6.07, 6.45) is 1.80. The van der Waals surface area contributed by atoms with Crippen molar-refractivity contribution in [3.05, 3.63) is 34.1 Å². The van der Waals surface area contributed by atoms with E-state index in [1.165, 1.54) is 0 Å². The molecule has 2 rings (SSSR count). The average Bonchev–Trinajstić information content (AvgIpc) is 2.53. The van der Waals surface area contributed by atoms with E-state index in [2.05, 4.69) is 21.0 Å². The van der Waals surface area contributed by atoms with Crippen molar-refractivity contribution in [2.75, 3.05) is 6.61 Å². The molecule has 4 nitrogen and oxygen atoms in total. The van der Waals surface area contributed by atoms with Gasteiger partial charge in [0.05, 0.1) is 17.8 Å². The zero-order chi connectivity index (χ0) is 11.7. The Bertz CT molecular complexity index is 548. The first-order valence-electron chi connectivity index (χ1n) is 4.95. The number of carbonyl (C=O) groups excluding carboxylic acids is 1. The number of esters is 1. The van der Waals surface area contributed by atoms with Crippen LogP contribution in [-0.4, -0.2) is 22.2 Å². The third kappa shape index (κ3) is 1.82. The molecule has 0 radical (unpaired) electrons. The van der Waals surface area contributed by atoms with E-state index in [-0.39, 0.29) is 5.97 Å². The fourth-order valence-electron chi connectivity index (χ4n) is 1.59. The number of aromatic nitrogens is 2. The zero-order valence-corrected chi connectivity index (χ0v) is 10.6. The highest BCUT2D eigenvalue weighted by atomic mass is 79.9. The Kier molecular flexibility index (Phi) is 2.96. The summed E-state index contributed by atoms with van der Waals surface area (Å²) in [6, 6.07) is 3.72. The molecular weight excluding hydrogens is 272 g/mol. The summed E-state index contributed by atoms with van der Waals surface area (Å²) in [5, 5.41) is 4.25. The Morgan fingerprint density at radius 1 is 1.62 bits per heavy atom.